The van der Waals surface area contributed by atoms with Gasteiger partial charge in [0, 0.05) is 19.0 Å². The van der Waals surface area contributed by atoms with Gasteiger partial charge in [-0.2, -0.15) is 0 Å². The Kier molecular flexibility index (Phi) is 4.70. The molecule has 1 aliphatic rings. The first-order valence-electron chi connectivity index (χ1n) is 7.20. The van der Waals surface area contributed by atoms with Gasteiger partial charge in [-0.05, 0) is 51.5 Å². The predicted molar refractivity (Wildman–Crippen MR) is 77.8 cm³/mol. The van der Waals surface area contributed by atoms with E-state index in [1.807, 2.05) is 20.8 Å². The molecule has 4 nitrogen and oxygen atoms in total. The summed E-state index contributed by atoms with van der Waals surface area (Å²) in [5.74, 6) is 0.647. The summed E-state index contributed by atoms with van der Waals surface area (Å²) in [6, 6.07) is 5.96. The van der Waals surface area contributed by atoms with Crippen LogP contribution in [-0.4, -0.2) is 36.3 Å². The van der Waals surface area contributed by atoms with E-state index in [2.05, 4.69) is 0 Å². The fourth-order valence-electron chi connectivity index (χ4n) is 2.21. The Hall–Kier alpha value is -1.78. The van der Waals surface area contributed by atoms with Crippen LogP contribution >= 0.6 is 0 Å². The lowest BCUT2D eigenvalue weighted by Gasteiger charge is -2.24. The lowest BCUT2D eigenvalue weighted by atomic mass is 10.1. The van der Waals surface area contributed by atoms with E-state index < -0.39 is 5.60 Å². The van der Waals surface area contributed by atoms with Crippen LogP contribution in [-0.2, 0) is 4.74 Å². The molecule has 1 aromatic carbocycles. The molecule has 0 spiro atoms. The zero-order valence-corrected chi connectivity index (χ0v) is 12.8. The largest absolute Gasteiger partial charge is 0.493 e. The fraction of sp³-hybridized carbons (Fsp3) is 0.562. The number of halogens is 1. The minimum Gasteiger partial charge on any atom is -0.493 e. The summed E-state index contributed by atoms with van der Waals surface area (Å²) in [6.45, 7) is 7.41. The van der Waals surface area contributed by atoms with E-state index >= 15 is 0 Å². The third-order valence-electron chi connectivity index (χ3n) is 3.24. The summed E-state index contributed by atoms with van der Waals surface area (Å²) in [5.41, 5.74) is -0.472. The van der Waals surface area contributed by atoms with Crippen molar-refractivity contribution in [2.45, 2.75) is 32.8 Å². The number of carbonyl (C=O) groups is 1. The molecule has 0 bridgehead atoms. The highest BCUT2D eigenvalue weighted by Crippen LogP contribution is 2.21. The van der Waals surface area contributed by atoms with Crippen LogP contribution in [0.4, 0.5) is 9.18 Å². The SMILES string of the molecule is CC(C)(C)OC(=O)N1CC[C@H](COc2ccc(F)cc2)C1. The van der Waals surface area contributed by atoms with E-state index in [0.717, 1.165) is 6.42 Å². The third-order valence-corrected chi connectivity index (χ3v) is 3.24. The molecule has 1 aliphatic heterocycles. The molecule has 1 heterocycles. The van der Waals surface area contributed by atoms with Gasteiger partial charge in [0.05, 0.1) is 6.61 Å². The first-order valence-corrected chi connectivity index (χ1v) is 7.20. The molecule has 1 fully saturated rings. The number of rotatable bonds is 3. The van der Waals surface area contributed by atoms with E-state index in [-0.39, 0.29) is 17.8 Å². The van der Waals surface area contributed by atoms with Crippen molar-refractivity contribution in [3.05, 3.63) is 30.1 Å². The smallest absolute Gasteiger partial charge is 0.410 e. The quantitative estimate of drug-likeness (QED) is 0.857. The summed E-state index contributed by atoms with van der Waals surface area (Å²) >= 11 is 0. The maximum atomic E-state index is 12.8. The number of hydrogen-bond acceptors (Lipinski definition) is 3. The molecule has 5 heteroatoms. The Labute approximate surface area is 124 Å². The van der Waals surface area contributed by atoms with Crippen LogP contribution in [0.2, 0.25) is 0 Å². The zero-order chi connectivity index (χ0) is 15.5. The van der Waals surface area contributed by atoms with Crippen LogP contribution in [0.15, 0.2) is 24.3 Å². The summed E-state index contributed by atoms with van der Waals surface area (Å²) in [5, 5.41) is 0. The van der Waals surface area contributed by atoms with Crippen LogP contribution in [0.5, 0.6) is 5.75 Å². The van der Waals surface area contributed by atoms with Gasteiger partial charge in [-0.15, -0.1) is 0 Å². The van der Waals surface area contributed by atoms with Crippen molar-refractivity contribution < 1.29 is 18.7 Å². The molecule has 1 aromatic rings. The summed E-state index contributed by atoms with van der Waals surface area (Å²) in [7, 11) is 0. The van der Waals surface area contributed by atoms with Crippen molar-refractivity contribution in [2.75, 3.05) is 19.7 Å². The Morgan fingerprint density at radius 1 is 1.33 bits per heavy atom. The van der Waals surface area contributed by atoms with Crippen molar-refractivity contribution in [3.63, 3.8) is 0 Å². The Morgan fingerprint density at radius 2 is 2.00 bits per heavy atom. The number of likely N-dealkylation sites (tertiary alicyclic amines) is 1. The molecule has 0 aromatic heterocycles. The van der Waals surface area contributed by atoms with E-state index in [0.29, 0.717) is 25.4 Å². The summed E-state index contributed by atoms with van der Waals surface area (Å²) in [6.07, 6.45) is 0.618. The van der Waals surface area contributed by atoms with Gasteiger partial charge in [0.1, 0.15) is 17.2 Å². The molecule has 0 N–H and O–H groups in total. The van der Waals surface area contributed by atoms with E-state index in [4.69, 9.17) is 9.47 Å². The van der Waals surface area contributed by atoms with Gasteiger partial charge in [-0.1, -0.05) is 0 Å². The molecule has 1 atom stereocenters. The fourth-order valence-corrected chi connectivity index (χ4v) is 2.21. The van der Waals surface area contributed by atoms with Crippen LogP contribution < -0.4 is 4.74 Å². The van der Waals surface area contributed by atoms with Gasteiger partial charge in [0.2, 0.25) is 0 Å². The number of hydrogen-bond donors (Lipinski definition) is 0. The molecule has 0 radical (unpaired) electrons. The van der Waals surface area contributed by atoms with Crippen molar-refractivity contribution >= 4 is 6.09 Å². The highest BCUT2D eigenvalue weighted by molar-refractivity contribution is 5.68. The van der Waals surface area contributed by atoms with Crippen molar-refractivity contribution in [2.24, 2.45) is 5.92 Å². The van der Waals surface area contributed by atoms with E-state index in [1.165, 1.54) is 12.1 Å². The average Bonchev–Trinajstić information content (AvgIpc) is 2.85. The highest BCUT2D eigenvalue weighted by atomic mass is 19.1. The van der Waals surface area contributed by atoms with Crippen molar-refractivity contribution in [3.8, 4) is 5.75 Å². The number of amides is 1. The van der Waals surface area contributed by atoms with Gasteiger partial charge >= 0.3 is 6.09 Å². The van der Waals surface area contributed by atoms with Crippen LogP contribution in [0, 0.1) is 11.7 Å². The second-order valence-corrected chi connectivity index (χ2v) is 6.35. The highest BCUT2D eigenvalue weighted by Gasteiger charge is 2.30. The average molecular weight is 295 g/mol. The lowest BCUT2D eigenvalue weighted by Crippen LogP contribution is -2.35. The Balaban J connectivity index is 1.77. The van der Waals surface area contributed by atoms with Gasteiger partial charge in [0.25, 0.3) is 0 Å². The predicted octanol–water partition coefficient (Wildman–Crippen LogP) is 3.46. The van der Waals surface area contributed by atoms with Crippen molar-refractivity contribution in [1.29, 1.82) is 0 Å². The van der Waals surface area contributed by atoms with Gasteiger partial charge in [0.15, 0.2) is 0 Å². The molecule has 116 valence electrons. The van der Waals surface area contributed by atoms with E-state index in [1.54, 1.807) is 17.0 Å². The van der Waals surface area contributed by atoms with Crippen LogP contribution in [0.3, 0.4) is 0 Å². The first-order chi connectivity index (χ1) is 9.83. The molecule has 21 heavy (non-hydrogen) atoms. The van der Waals surface area contributed by atoms with Gasteiger partial charge < -0.3 is 14.4 Å². The van der Waals surface area contributed by atoms with Crippen molar-refractivity contribution in [1.82, 2.24) is 4.90 Å². The van der Waals surface area contributed by atoms with E-state index in [9.17, 15) is 9.18 Å². The Morgan fingerprint density at radius 3 is 2.62 bits per heavy atom. The standard InChI is InChI=1S/C16H22FNO3/c1-16(2,3)21-15(19)18-9-8-12(10-18)11-20-14-6-4-13(17)5-7-14/h4-7,12H,8-11H2,1-3H3/t12-/m0/s1. The molecular weight excluding hydrogens is 273 g/mol. The molecule has 0 aliphatic carbocycles. The molecule has 1 amide bonds. The van der Waals surface area contributed by atoms with Crippen LogP contribution in [0.1, 0.15) is 27.2 Å². The third kappa shape index (κ3) is 4.92. The van der Waals surface area contributed by atoms with Crippen LogP contribution in [0.25, 0.3) is 0 Å². The minimum atomic E-state index is -0.472. The topological polar surface area (TPSA) is 38.8 Å². The maximum absolute atomic E-state index is 12.8. The minimum absolute atomic E-state index is 0.271. The first kappa shape index (κ1) is 15.6. The van der Waals surface area contributed by atoms with Gasteiger partial charge in [-0.3, -0.25) is 0 Å². The number of nitrogens with zero attached hydrogens (tertiary/aromatic N) is 1. The number of carbonyl (C=O) groups excluding carboxylic acids is 1. The normalized spacial score (nSPS) is 18.7. The Bertz CT molecular complexity index is 481. The molecule has 1 saturated heterocycles. The second kappa shape index (κ2) is 6.33. The molecular formula is C16H22FNO3. The molecule has 0 saturated carbocycles. The number of ether oxygens (including phenoxy) is 2. The lowest BCUT2D eigenvalue weighted by molar-refractivity contribution is 0.0285. The monoisotopic (exact) mass is 295 g/mol. The zero-order valence-electron chi connectivity index (χ0n) is 12.8. The maximum Gasteiger partial charge on any atom is 0.410 e. The van der Waals surface area contributed by atoms with Gasteiger partial charge in [-0.25, -0.2) is 9.18 Å². The molecule has 2 rings (SSSR count). The summed E-state index contributed by atoms with van der Waals surface area (Å²) < 4.78 is 23.8. The number of benzene rings is 1. The summed E-state index contributed by atoms with van der Waals surface area (Å²) in [4.78, 5) is 13.7. The molecule has 0 unspecified atom stereocenters. The second-order valence-electron chi connectivity index (χ2n) is 6.35.